The predicted molar refractivity (Wildman–Crippen MR) is 84.8 cm³/mol. The quantitative estimate of drug-likeness (QED) is 0.494. The molecule has 0 radical (unpaired) electrons. The Labute approximate surface area is 135 Å². The summed E-state index contributed by atoms with van der Waals surface area (Å²) in [6, 6.07) is 5.42. The van der Waals surface area contributed by atoms with Crippen LogP contribution in [0.5, 0.6) is 0 Å². The van der Waals surface area contributed by atoms with Crippen LogP contribution >= 0.6 is 0 Å². The van der Waals surface area contributed by atoms with E-state index in [1.54, 1.807) is 18.5 Å². The summed E-state index contributed by atoms with van der Waals surface area (Å²) >= 11 is 0. The molecule has 2 amide bonds. The third-order valence-electron chi connectivity index (χ3n) is 5.02. The molecule has 23 heavy (non-hydrogen) atoms. The van der Waals surface area contributed by atoms with Gasteiger partial charge in [0.1, 0.15) is 0 Å². The minimum absolute atomic E-state index is 0.211. The molecule has 120 valence electrons. The molecule has 1 aliphatic carbocycles. The molecule has 1 heterocycles. The van der Waals surface area contributed by atoms with E-state index in [0.717, 1.165) is 43.4 Å². The molecule has 1 aromatic carbocycles. The second-order valence-electron chi connectivity index (χ2n) is 6.29. The minimum Gasteiger partial charge on any atom is -0.331 e. The summed E-state index contributed by atoms with van der Waals surface area (Å²) in [6.07, 6.45) is 3.17. The molecule has 1 fully saturated rings. The van der Waals surface area contributed by atoms with Crippen molar-refractivity contribution in [2.24, 2.45) is 5.41 Å². The molecule has 5 nitrogen and oxygen atoms in total. The van der Waals surface area contributed by atoms with Gasteiger partial charge < -0.3 is 4.90 Å². The fourth-order valence-corrected chi connectivity index (χ4v) is 3.68. The average Bonchev–Trinajstić information content (AvgIpc) is 2.88. The molecule has 0 bridgehead atoms. The number of hydroxylamine groups is 1. The fourth-order valence-electron chi connectivity index (χ4n) is 3.68. The molecule has 1 saturated heterocycles. The summed E-state index contributed by atoms with van der Waals surface area (Å²) in [7, 11) is 0. The number of amides is 2. The number of carbonyl (C=O) groups excluding carboxylic acids is 2. The van der Waals surface area contributed by atoms with Gasteiger partial charge in [-0.25, -0.2) is 5.48 Å². The van der Waals surface area contributed by atoms with Gasteiger partial charge in [-0.2, -0.15) is 0 Å². The van der Waals surface area contributed by atoms with E-state index >= 15 is 0 Å². The predicted octanol–water partition coefficient (Wildman–Crippen LogP) is 1.54. The number of benzene rings is 1. The molecule has 1 aromatic rings. The Morgan fingerprint density at radius 2 is 2.22 bits per heavy atom. The van der Waals surface area contributed by atoms with E-state index in [0.29, 0.717) is 12.1 Å². The van der Waals surface area contributed by atoms with Gasteiger partial charge in [-0.15, -0.1) is 5.92 Å². The lowest BCUT2D eigenvalue weighted by molar-refractivity contribution is -0.136. The third kappa shape index (κ3) is 2.71. The molecule has 1 aliphatic heterocycles. The van der Waals surface area contributed by atoms with Crippen LogP contribution in [-0.2, 0) is 17.6 Å². The maximum atomic E-state index is 12.8. The van der Waals surface area contributed by atoms with Crippen LogP contribution in [0.25, 0.3) is 0 Å². The van der Waals surface area contributed by atoms with E-state index in [4.69, 9.17) is 5.21 Å². The first-order valence-corrected chi connectivity index (χ1v) is 7.85. The molecule has 1 atom stereocenters. The molecule has 3 rings (SSSR count). The van der Waals surface area contributed by atoms with Crippen molar-refractivity contribution in [1.29, 1.82) is 0 Å². The maximum absolute atomic E-state index is 12.8. The largest absolute Gasteiger partial charge is 0.331 e. The van der Waals surface area contributed by atoms with E-state index in [9.17, 15) is 9.59 Å². The first kappa shape index (κ1) is 15.6. The molecule has 0 unspecified atom stereocenters. The number of aryl methyl sites for hydroxylation is 1. The van der Waals surface area contributed by atoms with Crippen molar-refractivity contribution in [3.05, 3.63) is 34.9 Å². The van der Waals surface area contributed by atoms with Crippen LogP contribution in [-0.4, -0.2) is 35.0 Å². The van der Waals surface area contributed by atoms with Gasteiger partial charge in [0.05, 0.1) is 12.0 Å². The van der Waals surface area contributed by atoms with E-state index < -0.39 is 5.91 Å². The van der Waals surface area contributed by atoms with Crippen molar-refractivity contribution in [2.75, 3.05) is 13.1 Å². The molecule has 2 N–H and O–H groups in total. The number of hydrogen-bond donors (Lipinski definition) is 2. The van der Waals surface area contributed by atoms with E-state index in [2.05, 4.69) is 11.8 Å². The summed E-state index contributed by atoms with van der Waals surface area (Å²) in [5.41, 5.74) is 4.02. The number of rotatable bonds is 2. The Morgan fingerprint density at radius 1 is 1.39 bits per heavy atom. The van der Waals surface area contributed by atoms with Gasteiger partial charge in [0.15, 0.2) is 0 Å². The normalized spacial score (nSPS) is 22.5. The highest BCUT2D eigenvalue weighted by Gasteiger charge is 2.47. The Balaban J connectivity index is 1.81. The second kappa shape index (κ2) is 6.05. The van der Waals surface area contributed by atoms with Crippen LogP contribution in [0.1, 0.15) is 41.3 Å². The molecular formula is C18H20N2O3. The Bertz CT molecular complexity index is 717. The van der Waals surface area contributed by atoms with Gasteiger partial charge in [-0.1, -0.05) is 12.0 Å². The van der Waals surface area contributed by atoms with E-state index in [-0.39, 0.29) is 11.3 Å². The lowest BCUT2D eigenvalue weighted by atomic mass is 9.70. The summed E-state index contributed by atoms with van der Waals surface area (Å²) in [5, 5.41) is 8.73. The number of fused-ring (bicyclic) bond motifs is 1. The highest BCUT2D eigenvalue weighted by Crippen LogP contribution is 2.43. The summed E-state index contributed by atoms with van der Waals surface area (Å²) < 4.78 is 0. The van der Waals surface area contributed by atoms with Crippen molar-refractivity contribution in [3.8, 4) is 11.8 Å². The highest BCUT2D eigenvalue weighted by molar-refractivity contribution is 5.93. The van der Waals surface area contributed by atoms with Crippen LogP contribution in [0.15, 0.2) is 18.2 Å². The molecular weight excluding hydrogens is 292 g/mol. The second-order valence-corrected chi connectivity index (χ2v) is 6.29. The van der Waals surface area contributed by atoms with Crippen LogP contribution in [0.4, 0.5) is 0 Å². The minimum atomic E-state index is -0.505. The molecule has 0 aromatic heterocycles. The summed E-state index contributed by atoms with van der Waals surface area (Å²) in [5.74, 6) is 5.52. The first-order valence-electron chi connectivity index (χ1n) is 7.85. The number of nitrogens with one attached hydrogen (secondary N) is 1. The molecule has 2 aliphatic rings. The standard InChI is InChI=1S/C18H20N2O3/c1-2-3-9-20-10-8-18(17(20)22)7-6-13-11-14(16(21)19-23)4-5-15(13)12-18/h4-5,11,23H,6-10,12H2,1H3,(H,19,21)/t18-/m0/s1. The fraction of sp³-hybridized carbons (Fsp3) is 0.444. The van der Waals surface area contributed by atoms with E-state index in [1.165, 1.54) is 0 Å². The maximum Gasteiger partial charge on any atom is 0.274 e. The SMILES string of the molecule is CC#CCN1CC[C@]2(CCc3cc(C(=O)NO)ccc3C2)C1=O. The first-order chi connectivity index (χ1) is 11.1. The van der Waals surface area contributed by atoms with Gasteiger partial charge >= 0.3 is 0 Å². The lowest BCUT2D eigenvalue weighted by Crippen LogP contribution is -2.38. The topological polar surface area (TPSA) is 69.6 Å². The van der Waals surface area contributed by atoms with Crippen molar-refractivity contribution >= 4 is 11.8 Å². The van der Waals surface area contributed by atoms with Crippen LogP contribution in [0.2, 0.25) is 0 Å². The van der Waals surface area contributed by atoms with Crippen molar-refractivity contribution in [1.82, 2.24) is 10.4 Å². The molecule has 1 spiro atoms. The van der Waals surface area contributed by atoms with Gasteiger partial charge in [0.2, 0.25) is 5.91 Å². The highest BCUT2D eigenvalue weighted by atomic mass is 16.5. The van der Waals surface area contributed by atoms with Crippen molar-refractivity contribution < 1.29 is 14.8 Å². The van der Waals surface area contributed by atoms with Crippen molar-refractivity contribution in [2.45, 2.75) is 32.6 Å². The Kier molecular flexibility index (Phi) is 4.10. The number of nitrogens with zero attached hydrogens (tertiary/aromatic N) is 1. The number of likely N-dealkylation sites (tertiary alicyclic amines) is 1. The Morgan fingerprint density at radius 3 is 2.96 bits per heavy atom. The third-order valence-corrected chi connectivity index (χ3v) is 5.02. The average molecular weight is 312 g/mol. The van der Waals surface area contributed by atoms with Gasteiger partial charge in [-0.3, -0.25) is 14.8 Å². The number of hydrogen-bond acceptors (Lipinski definition) is 3. The summed E-state index contributed by atoms with van der Waals surface area (Å²) in [4.78, 5) is 26.1. The number of carbonyl (C=O) groups is 2. The molecule has 5 heteroatoms. The smallest absolute Gasteiger partial charge is 0.274 e. The van der Waals surface area contributed by atoms with Crippen LogP contribution < -0.4 is 5.48 Å². The van der Waals surface area contributed by atoms with Crippen molar-refractivity contribution in [3.63, 3.8) is 0 Å². The zero-order valence-corrected chi connectivity index (χ0v) is 13.2. The van der Waals surface area contributed by atoms with Gasteiger partial charge in [0, 0.05) is 12.1 Å². The lowest BCUT2D eigenvalue weighted by Gasteiger charge is -2.33. The van der Waals surface area contributed by atoms with Crippen LogP contribution in [0, 0.1) is 17.3 Å². The van der Waals surface area contributed by atoms with Gasteiger partial charge in [-0.05, 0) is 55.9 Å². The van der Waals surface area contributed by atoms with E-state index in [1.807, 2.05) is 17.0 Å². The Hall–Kier alpha value is -2.32. The van der Waals surface area contributed by atoms with Crippen LogP contribution in [0.3, 0.4) is 0 Å². The molecule has 0 saturated carbocycles. The van der Waals surface area contributed by atoms with Gasteiger partial charge in [0.25, 0.3) is 5.91 Å². The zero-order valence-electron chi connectivity index (χ0n) is 13.2. The monoisotopic (exact) mass is 312 g/mol. The zero-order chi connectivity index (χ0) is 16.4. The summed E-state index contributed by atoms with van der Waals surface area (Å²) in [6.45, 7) is 3.07.